The fraction of sp³-hybridized carbons (Fsp3) is 0.333. The summed E-state index contributed by atoms with van der Waals surface area (Å²) in [5.74, 6) is 0.816. The Morgan fingerprint density at radius 2 is 1.92 bits per heavy atom. The zero-order valence-corrected chi connectivity index (χ0v) is 15.4. The van der Waals surface area contributed by atoms with Crippen LogP contribution in [0, 0.1) is 6.92 Å². The van der Waals surface area contributed by atoms with E-state index in [1.807, 2.05) is 17.9 Å². The van der Waals surface area contributed by atoms with Gasteiger partial charge in [0.15, 0.2) is 5.76 Å². The van der Waals surface area contributed by atoms with E-state index in [4.69, 9.17) is 27.7 Å². The molecule has 0 bridgehead atoms. The van der Waals surface area contributed by atoms with Gasteiger partial charge in [-0.25, -0.2) is 0 Å². The third-order valence-corrected chi connectivity index (χ3v) is 4.79. The van der Waals surface area contributed by atoms with Crippen LogP contribution in [0.5, 0.6) is 0 Å². The third kappa shape index (κ3) is 4.63. The Hall–Kier alpha value is -1.82. The number of hydrogen-bond acceptors (Lipinski definition) is 4. The summed E-state index contributed by atoms with van der Waals surface area (Å²) in [5, 5.41) is 4.96. The number of hydrogen-bond donors (Lipinski definition) is 0. The number of amides is 1. The van der Waals surface area contributed by atoms with E-state index in [0.717, 1.165) is 24.5 Å². The fourth-order valence-corrected chi connectivity index (χ4v) is 3.29. The van der Waals surface area contributed by atoms with E-state index in [2.05, 4.69) is 10.1 Å². The van der Waals surface area contributed by atoms with Crippen LogP contribution in [0.1, 0.15) is 17.0 Å². The molecule has 3 rings (SSSR count). The lowest BCUT2D eigenvalue weighted by molar-refractivity contribution is -0.127. The van der Waals surface area contributed by atoms with Gasteiger partial charge in [-0.3, -0.25) is 9.69 Å². The molecular weight excluding hydrogens is 361 g/mol. The second kappa shape index (κ2) is 8.04. The summed E-state index contributed by atoms with van der Waals surface area (Å²) >= 11 is 12.2. The Bertz CT molecular complexity index is 760. The molecular formula is C18H19Cl2N3O2. The zero-order valence-electron chi connectivity index (χ0n) is 13.9. The van der Waals surface area contributed by atoms with E-state index in [1.54, 1.807) is 24.3 Å². The van der Waals surface area contributed by atoms with Gasteiger partial charge in [0, 0.05) is 53.9 Å². The van der Waals surface area contributed by atoms with Gasteiger partial charge >= 0.3 is 0 Å². The summed E-state index contributed by atoms with van der Waals surface area (Å²) in [5.41, 5.74) is 1.55. The molecule has 1 saturated heterocycles. The van der Waals surface area contributed by atoms with Gasteiger partial charge in [0.25, 0.3) is 0 Å². The van der Waals surface area contributed by atoms with Gasteiger partial charge in [-0.2, -0.15) is 0 Å². The lowest BCUT2D eigenvalue weighted by Crippen LogP contribution is -2.47. The second-order valence-corrected chi connectivity index (χ2v) is 6.82. The highest BCUT2D eigenvalue weighted by Crippen LogP contribution is 2.25. The molecule has 0 spiro atoms. The minimum atomic E-state index is -0.0360. The monoisotopic (exact) mass is 379 g/mol. The average molecular weight is 380 g/mol. The Labute approximate surface area is 156 Å². The lowest BCUT2D eigenvalue weighted by Gasteiger charge is -2.33. The second-order valence-electron chi connectivity index (χ2n) is 6.00. The molecule has 0 aliphatic carbocycles. The highest BCUT2D eigenvalue weighted by molar-refractivity contribution is 6.37. The molecule has 0 radical (unpaired) electrons. The molecule has 1 aliphatic heterocycles. The number of carbonyl (C=O) groups excluding carboxylic acids is 1. The van der Waals surface area contributed by atoms with Crippen molar-refractivity contribution in [3.63, 3.8) is 0 Å². The Morgan fingerprint density at radius 3 is 2.52 bits per heavy atom. The van der Waals surface area contributed by atoms with Crippen LogP contribution >= 0.6 is 23.2 Å². The van der Waals surface area contributed by atoms with E-state index in [-0.39, 0.29) is 5.91 Å². The molecule has 2 aromatic rings. The van der Waals surface area contributed by atoms with Crippen molar-refractivity contribution in [3.05, 3.63) is 57.4 Å². The van der Waals surface area contributed by atoms with Crippen LogP contribution in [0.25, 0.3) is 6.08 Å². The molecule has 0 unspecified atom stereocenters. The smallest absolute Gasteiger partial charge is 0.246 e. The molecule has 2 heterocycles. The molecule has 0 atom stereocenters. The minimum Gasteiger partial charge on any atom is -0.360 e. The topological polar surface area (TPSA) is 49.6 Å². The first kappa shape index (κ1) is 18.0. The summed E-state index contributed by atoms with van der Waals surface area (Å²) in [7, 11) is 0. The predicted molar refractivity (Wildman–Crippen MR) is 98.6 cm³/mol. The largest absolute Gasteiger partial charge is 0.360 e. The van der Waals surface area contributed by atoms with E-state index < -0.39 is 0 Å². The molecule has 1 aromatic heterocycles. The first-order chi connectivity index (χ1) is 12.0. The molecule has 5 nitrogen and oxygen atoms in total. The highest BCUT2D eigenvalue weighted by Gasteiger charge is 2.20. The van der Waals surface area contributed by atoms with Crippen molar-refractivity contribution in [2.45, 2.75) is 13.5 Å². The van der Waals surface area contributed by atoms with Crippen molar-refractivity contribution in [1.82, 2.24) is 15.0 Å². The van der Waals surface area contributed by atoms with Gasteiger partial charge < -0.3 is 9.42 Å². The van der Waals surface area contributed by atoms with Crippen LogP contribution in [0.4, 0.5) is 0 Å². The number of carbonyl (C=O) groups is 1. The fourth-order valence-electron chi connectivity index (χ4n) is 2.77. The molecule has 7 heteroatoms. The maximum atomic E-state index is 12.4. The van der Waals surface area contributed by atoms with Crippen LogP contribution in [-0.2, 0) is 11.3 Å². The normalized spacial score (nSPS) is 15.9. The molecule has 1 aromatic carbocycles. The maximum Gasteiger partial charge on any atom is 0.246 e. The number of piperazine rings is 1. The molecule has 25 heavy (non-hydrogen) atoms. The molecule has 1 amide bonds. The molecule has 1 aliphatic rings. The van der Waals surface area contributed by atoms with Gasteiger partial charge in [-0.15, -0.1) is 0 Å². The van der Waals surface area contributed by atoms with Gasteiger partial charge in [0.2, 0.25) is 5.91 Å². The summed E-state index contributed by atoms with van der Waals surface area (Å²) in [4.78, 5) is 16.4. The Kier molecular flexibility index (Phi) is 5.78. The van der Waals surface area contributed by atoms with Gasteiger partial charge in [-0.05, 0) is 25.1 Å². The van der Waals surface area contributed by atoms with Crippen molar-refractivity contribution in [3.8, 4) is 0 Å². The first-order valence-electron chi connectivity index (χ1n) is 8.08. The number of rotatable bonds is 4. The number of halogens is 2. The number of aryl methyl sites for hydroxylation is 1. The first-order valence-corrected chi connectivity index (χ1v) is 8.84. The van der Waals surface area contributed by atoms with Crippen molar-refractivity contribution in [2.75, 3.05) is 26.2 Å². The van der Waals surface area contributed by atoms with Gasteiger partial charge in [0.1, 0.15) is 0 Å². The van der Waals surface area contributed by atoms with Crippen LogP contribution in [0.15, 0.2) is 34.9 Å². The quantitative estimate of drug-likeness (QED) is 0.760. The van der Waals surface area contributed by atoms with E-state index >= 15 is 0 Å². The van der Waals surface area contributed by atoms with Crippen LogP contribution in [-0.4, -0.2) is 47.0 Å². The molecule has 1 fully saturated rings. The minimum absolute atomic E-state index is 0.0360. The number of nitrogens with zero attached hydrogens (tertiary/aromatic N) is 3. The SMILES string of the molecule is Cc1cc(CN2CCN(C(=O)/C=C/c3c(Cl)cccc3Cl)CC2)on1. The summed E-state index contributed by atoms with van der Waals surface area (Å²) in [6, 6.07) is 7.22. The number of aromatic nitrogens is 1. The molecule has 0 N–H and O–H groups in total. The van der Waals surface area contributed by atoms with Crippen molar-refractivity contribution < 1.29 is 9.32 Å². The van der Waals surface area contributed by atoms with Crippen molar-refractivity contribution >= 4 is 35.2 Å². The third-order valence-electron chi connectivity index (χ3n) is 4.13. The zero-order chi connectivity index (χ0) is 17.8. The summed E-state index contributed by atoms with van der Waals surface area (Å²) in [6.45, 7) is 5.56. The molecule has 0 saturated carbocycles. The van der Waals surface area contributed by atoms with Gasteiger partial charge in [0.05, 0.1) is 12.2 Å². The van der Waals surface area contributed by atoms with Crippen molar-refractivity contribution in [1.29, 1.82) is 0 Å². The maximum absolute atomic E-state index is 12.4. The van der Waals surface area contributed by atoms with E-state index in [9.17, 15) is 4.79 Å². The molecule has 132 valence electrons. The van der Waals surface area contributed by atoms with Gasteiger partial charge in [-0.1, -0.05) is 34.4 Å². The average Bonchev–Trinajstić information content (AvgIpc) is 3.00. The van der Waals surface area contributed by atoms with Crippen molar-refractivity contribution in [2.24, 2.45) is 0 Å². The van der Waals surface area contributed by atoms with Crippen LogP contribution < -0.4 is 0 Å². The summed E-state index contributed by atoms with van der Waals surface area (Å²) in [6.07, 6.45) is 3.21. The van der Waals surface area contributed by atoms with Crippen LogP contribution in [0.2, 0.25) is 10.0 Å². The Balaban J connectivity index is 1.54. The lowest BCUT2D eigenvalue weighted by atomic mass is 10.2. The summed E-state index contributed by atoms with van der Waals surface area (Å²) < 4.78 is 5.24. The standard InChI is InChI=1S/C18H19Cl2N3O2/c1-13-11-14(25-21-13)12-22-7-9-23(10-8-22)18(24)6-5-15-16(19)3-2-4-17(15)20/h2-6,11H,7-10,12H2,1H3/b6-5+. The highest BCUT2D eigenvalue weighted by atomic mass is 35.5. The van der Waals surface area contributed by atoms with E-state index in [1.165, 1.54) is 6.08 Å². The van der Waals surface area contributed by atoms with Crippen LogP contribution in [0.3, 0.4) is 0 Å². The predicted octanol–water partition coefficient (Wildman–Crippen LogP) is 3.65. The Morgan fingerprint density at radius 1 is 1.24 bits per heavy atom. The number of benzene rings is 1. The van der Waals surface area contributed by atoms with E-state index in [0.29, 0.717) is 35.2 Å².